The van der Waals surface area contributed by atoms with E-state index in [-0.39, 0.29) is 12.1 Å². The normalized spacial score (nSPS) is 12.6. The molecule has 0 aromatic heterocycles. The summed E-state index contributed by atoms with van der Waals surface area (Å²) in [6.07, 6.45) is -13.7. The van der Waals surface area contributed by atoms with Crippen LogP contribution in [0.25, 0.3) is 11.1 Å². The van der Waals surface area contributed by atoms with Gasteiger partial charge in [-0.25, -0.2) is 13.5 Å². The van der Waals surface area contributed by atoms with E-state index in [1.165, 1.54) is 12.1 Å². The molecule has 3 aromatic rings. The first-order valence-corrected chi connectivity index (χ1v) is 10.1. The molecule has 0 heterocycles. The Morgan fingerprint density at radius 2 is 1.17 bits per heavy atom. The topological polar surface area (TPSA) is 18.5 Å². The molecule has 0 unspecified atom stereocenters. The van der Waals surface area contributed by atoms with Crippen LogP contribution < -0.4 is 4.74 Å². The molecule has 0 saturated carbocycles. The predicted octanol–water partition coefficient (Wildman–Crippen LogP) is 8.30. The van der Waals surface area contributed by atoms with Gasteiger partial charge in [-0.2, -0.15) is 17.6 Å². The first-order chi connectivity index (χ1) is 16.2. The van der Waals surface area contributed by atoms with E-state index in [2.05, 4.69) is 9.47 Å². The zero-order valence-corrected chi connectivity index (χ0v) is 17.9. The molecule has 0 radical (unpaired) electrons. The van der Waals surface area contributed by atoms with Gasteiger partial charge in [0, 0.05) is 12.1 Å². The van der Waals surface area contributed by atoms with Gasteiger partial charge in [0.05, 0.1) is 5.56 Å². The molecule has 0 amide bonds. The van der Waals surface area contributed by atoms with Crippen molar-refractivity contribution in [1.29, 1.82) is 0 Å². The van der Waals surface area contributed by atoms with Crippen LogP contribution in [0, 0.1) is 11.6 Å². The highest BCUT2D eigenvalue weighted by Gasteiger charge is 2.49. The number of halogens is 9. The smallest absolute Gasteiger partial charge is 0.429 e. The molecule has 2 nitrogen and oxygen atoms in total. The van der Waals surface area contributed by atoms with E-state index in [1.807, 2.05) is 31.2 Å². The van der Waals surface area contributed by atoms with E-state index < -0.39 is 47.1 Å². The van der Waals surface area contributed by atoms with Crippen molar-refractivity contribution >= 4 is 0 Å². The molecule has 0 fully saturated rings. The first kappa shape index (κ1) is 26.4. The largest absolute Gasteiger partial charge is 0.527 e. The zero-order chi connectivity index (χ0) is 26.0. The van der Waals surface area contributed by atoms with Crippen LogP contribution in [-0.4, -0.2) is 6.36 Å². The number of rotatable bonds is 8. The number of hydrogen-bond acceptors (Lipinski definition) is 2. The Labute approximate surface area is 193 Å². The highest BCUT2D eigenvalue weighted by Crippen LogP contribution is 2.41. The highest BCUT2D eigenvalue weighted by atomic mass is 19.4. The Morgan fingerprint density at radius 3 is 1.63 bits per heavy atom. The van der Waals surface area contributed by atoms with Crippen LogP contribution in [0.1, 0.15) is 30.0 Å². The van der Waals surface area contributed by atoms with Crippen LogP contribution in [-0.2, 0) is 23.4 Å². The number of alkyl halides is 7. The van der Waals surface area contributed by atoms with Crippen molar-refractivity contribution in [3.05, 3.63) is 89.0 Å². The van der Waals surface area contributed by atoms with Crippen LogP contribution in [0.4, 0.5) is 39.5 Å². The maximum atomic E-state index is 14.5. The van der Waals surface area contributed by atoms with Gasteiger partial charge in [-0.05, 0) is 35.2 Å². The number of ether oxygens (including phenoxy) is 2. The van der Waals surface area contributed by atoms with Gasteiger partial charge < -0.3 is 4.74 Å². The molecule has 0 bridgehead atoms. The fraction of sp³-hybridized carbons (Fsp3) is 0.250. The third-order valence-corrected chi connectivity index (χ3v) is 4.84. The molecule has 0 aliphatic carbocycles. The second kappa shape index (κ2) is 9.80. The Morgan fingerprint density at radius 1 is 0.686 bits per heavy atom. The summed E-state index contributed by atoms with van der Waals surface area (Å²) in [5, 5.41) is 0. The molecule has 0 saturated heterocycles. The van der Waals surface area contributed by atoms with Gasteiger partial charge in [-0.3, -0.25) is 0 Å². The lowest BCUT2D eigenvalue weighted by Gasteiger charge is -2.22. The van der Waals surface area contributed by atoms with Crippen LogP contribution in [0.2, 0.25) is 0 Å². The third-order valence-electron chi connectivity index (χ3n) is 4.84. The SMILES string of the molecule is CCCc1ccc(-c2ccc(C(F)(F)Oc3cc(F)c(C(F)(F)OC(F)(F)F)c(F)c3)cc2)cc1. The predicted molar refractivity (Wildman–Crippen MR) is 108 cm³/mol. The lowest BCUT2D eigenvalue weighted by molar-refractivity contribution is -0.432. The Bertz CT molecular complexity index is 1130. The van der Waals surface area contributed by atoms with Gasteiger partial charge in [0.2, 0.25) is 0 Å². The Hall–Kier alpha value is -3.21. The summed E-state index contributed by atoms with van der Waals surface area (Å²) < 4.78 is 127. The third kappa shape index (κ3) is 6.47. The van der Waals surface area contributed by atoms with E-state index in [0.717, 1.165) is 36.1 Å². The molecule has 0 aliphatic heterocycles. The fourth-order valence-corrected chi connectivity index (χ4v) is 3.30. The number of benzene rings is 3. The summed E-state index contributed by atoms with van der Waals surface area (Å²) in [5.74, 6) is -5.77. The average molecular weight is 508 g/mol. The minimum atomic E-state index is -5.92. The van der Waals surface area contributed by atoms with Gasteiger partial charge in [0.15, 0.2) is 0 Å². The molecule has 35 heavy (non-hydrogen) atoms. The lowest BCUT2D eigenvalue weighted by atomic mass is 10.0. The van der Waals surface area contributed by atoms with Crippen molar-refractivity contribution in [2.45, 2.75) is 38.3 Å². The van der Waals surface area contributed by atoms with Crippen LogP contribution in [0.15, 0.2) is 60.7 Å². The summed E-state index contributed by atoms with van der Waals surface area (Å²) >= 11 is 0. The Balaban J connectivity index is 1.81. The number of aryl methyl sites for hydroxylation is 1. The van der Waals surface area contributed by atoms with Gasteiger partial charge in [0.1, 0.15) is 22.9 Å². The van der Waals surface area contributed by atoms with Crippen molar-refractivity contribution in [2.75, 3.05) is 0 Å². The maximum absolute atomic E-state index is 14.5. The standard InChI is InChI=1S/C24H17F9O2/c1-2-3-14-4-6-15(7-5-14)16-8-10-17(11-9-16)22(27,28)34-18-12-19(25)21(20(26)13-18)23(29,30)35-24(31,32)33/h4-13H,2-3H2,1H3. The summed E-state index contributed by atoms with van der Waals surface area (Å²) in [7, 11) is 0. The van der Waals surface area contributed by atoms with E-state index in [4.69, 9.17) is 0 Å². The van der Waals surface area contributed by atoms with E-state index >= 15 is 0 Å². The summed E-state index contributed by atoms with van der Waals surface area (Å²) in [4.78, 5) is 0. The quantitative estimate of drug-likeness (QED) is 0.285. The lowest BCUT2D eigenvalue weighted by Crippen LogP contribution is -2.30. The molecule has 3 rings (SSSR count). The van der Waals surface area contributed by atoms with E-state index in [9.17, 15) is 39.5 Å². The summed E-state index contributed by atoms with van der Waals surface area (Å²) in [5.41, 5.74) is -0.663. The molecular formula is C24H17F9O2. The van der Waals surface area contributed by atoms with Gasteiger partial charge in [0.25, 0.3) is 0 Å². The van der Waals surface area contributed by atoms with Crippen LogP contribution in [0.5, 0.6) is 5.75 Å². The van der Waals surface area contributed by atoms with Gasteiger partial charge >= 0.3 is 18.6 Å². The zero-order valence-electron chi connectivity index (χ0n) is 17.9. The second-order valence-electron chi connectivity index (χ2n) is 7.47. The molecular weight excluding hydrogens is 491 g/mol. The van der Waals surface area contributed by atoms with Crippen molar-refractivity contribution in [1.82, 2.24) is 0 Å². The molecule has 11 heteroatoms. The van der Waals surface area contributed by atoms with Gasteiger partial charge in [-0.1, -0.05) is 49.7 Å². The van der Waals surface area contributed by atoms with Crippen molar-refractivity contribution < 1.29 is 49.0 Å². The van der Waals surface area contributed by atoms with Crippen LogP contribution in [0.3, 0.4) is 0 Å². The molecule has 0 aliphatic rings. The summed E-state index contributed by atoms with van der Waals surface area (Å²) in [6, 6.07) is 12.0. The second-order valence-corrected chi connectivity index (χ2v) is 7.47. The highest BCUT2D eigenvalue weighted by molar-refractivity contribution is 5.64. The van der Waals surface area contributed by atoms with Gasteiger partial charge in [-0.15, -0.1) is 13.2 Å². The molecule has 0 spiro atoms. The average Bonchev–Trinajstić information content (AvgIpc) is 2.72. The molecule has 0 atom stereocenters. The van der Waals surface area contributed by atoms with E-state index in [0.29, 0.717) is 5.56 Å². The minimum Gasteiger partial charge on any atom is -0.429 e. The van der Waals surface area contributed by atoms with E-state index in [1.54, 1.807) is 0 Å². The molecule has 3 aromatic carbocycles. The summed E-state index contributed by atoms with van der Waals surface area (Å²) in [6.45, 7) is 2.03. The molecule has 0 N–H and O–H groups in total. The van der Waals surface area contributed by atoms with Crippen molar-refractivity contribution in [3.8, 4) is 16.9 Å². The van der Waals surface area contributed by atoms with Crippen molar-refractivity contribution in [2.24, 2.45) is 0 Å². The maximum Gasteiger partial charge on any atom is 0.527 e. The molecule has 188 valence electrons. The Kier molecular flexibility index (Phi) is 7.39. The van der Waals surface area contributed by atoms with Crippen LogP contribution >= 0.6 is 0 Å². The van der Waals surface area contributed by atoms with Crippen molar-refractivity contribution in [3.63, 3.8) is 0 Å². The first-order valence-electron chi connectivity index (χ1n) is 10.1. The monoisotopic (exact) mass is 508 g/mol. The fourth-order valence-electron chi connectivity index (χ4n) is 3.30. The minimum absolute atomic E-state index is 0.0911. The number of hydrogen-bond donors (Lipinski definition) is 0.